The van der Waals surface area contributed by atoms with Gasteiger partial charge in [-0.15, -0.1) is 5.10 Å². The summed E-state index contributed by atoms with van der Waals surface area (Å²) in [5.74, 6) is 0.00206. The summed E-state index contributed by atoms with van der Waals surface area (Å²) in [7, 11) is 1.88. The van der Waals surface area contributed by atoms with Gasteiger partial charge in [-0.2, -0.15) is 0 Å². The van der Waals surface area contributed by atoms with Crippen molar-refractivity contribution >= 4 is 21.9 Å². The van der Waals surface area contributed by atoms with Gasteiger partial charge >= 0.3 is 0 Å². The van der Waals surface area contributed by atoms with E-state index < -0.39 is 5.60 Å². The Hall–Kier alpha value is -3.62. The SMILES string of the molecule is Cc1nnn(C)c1-c1cnc2c3cc(F)c(C(C)(O)C4CC4)cc3n([C@H](c3ccccc3)C3CCOCC3)c2c1. The van der Waals surface area contributed by atoms with Gasteiger partial charge in [0.1, 0.15) is 5.82 Å². The maximum atomic E-state index is 15.8. The van der Waals surface area contributed by atoms with E-state index in [0.29, 0.717) is 24.7 Å². The molecule has 7 rings (SSSR count). The van der Waals surface area contributed by atoms with Crippen LogP contribution >= 0.6 is 0 Å². The summed E-state index contributed by atoms with van der Waals surface area (Å²) >= 11 is 0. The number of pyridine rings is 1. The number of hydrogen-bond acceptors (Lipinski definition) is 5. The van der Waals surface area contributed by atoms with Gasteiger partial charge in [0.2, 0.25) is 0 Å². The van der Waals surface area contributed by atoms with Gasteiger partial charge in [-0.05, 0) is 75.1 Å². The number of rotatable bonds is 6. The zero-order valence-corrected chi connectivity index (χ0v) is 23.1. The lowest BCUT2D eigenvalue weighted by atomic mass is 9.86. The van der Waals surface area contributed by atoms with Crippen molar-refractivity contribution < 1.29 is 14.2 Å². The van der Waals surface area contributed by atoms with E-state index in [1.807, 2.05) is 32.3 Å². The summed E-state index contributed by atoms with van der Waals surface area (Å²) in [6.07, 6.45) is 5.49. The van der Waals surface area contributed by atoms with Gasteiger partial charge in [0, 0.05) is 43.0 Å². The minimum atomic E-state index is -1.23. The first-order valence-corrected chi connectivity index (χ1v) is 14.2. The van der Waals surface area contributed by atoms with Crippen molar-refractivity contribution in [3.63, 3.8) is 0 Å². The van der Waals surface area contributed by atoms with E-state index in [1.165, 1.54) is 5.56 Å². The number of fused-ring (bicyclic) bond motifs is 3. The summed E-state index contributed by atoms with van der Waals surface area (Å²) in [6, 6.07) is 16.1. The predicted molar refractivity (Wildman–Crippen MR) is 152 cm³/mol. The number of nitrogens with zero attached hydrogens (tertiary/aromatic N) is 5. The average Bonchev–Trinajstić information content (AvgIpc) is 3.72. The number of halogens is 1. The maximum absolute atomic E-state index is 15.8. The van der Waals surface area contributed by atoms with E-state index in [1.54, 1.807) is 17.7 Å². The average molecular weight is 540 g/mol. The number of benzene rings is 2. The van der Waals surface area contributed by atoms with E-state index in [2.05, 4.69) is 45.2 Å². The third-order valence-electron chi connectivity index (χ3n) is 9.05. The van der Waals surface area contributed by atoms with Gasteiger partial charge in [-0.1, -0.05) is 35.5 Å². The van der Waals surface area contributed by atoms with Crippen molar-refractivity contribution in [1.29, 1.82) is 0 Å². The van der Waals surface area contributed by atoms with Gasteiger partial charge in [0.15, 0.2) is 0 Å². The predicted octanol–water partition coefficient (Wildman–Crippen LogP) is 6.07. The highest BCUT2D eigenvalue weighted by Gasteiger charge is 2.43. The molecular weight excluding hydrogens is 505 g/mol. The van der Waals surface area contributed by atoms with Crippen LogP contribution in [0.25, 0.3) is 33.2 Å². The Bertz CT molecular complexity index is 1690. The largest absolute Gasteiger partial charge is 0.385 e. The number of hydrogen-bond donors (Lipinski definition) is 1. The molecule has 2 fully saturated rings. The molecule has 1 saturated heterocycles. The van der Waals surface area contributed by atoms with Crippen LogP contribution in [-0.4, -0.2) is 42.9 Å². The Morgan fingerprint density at radius 1 is 1.05 bits per heavy atom. The van der Waals surface area contributed by atoms with Crippen LogP contribution in [0.2, 0.25) is 0 Å². The van der Waals surface area contributed by atoms with Crippen LogP contribution in [0, 0.1) is 24.6 Å². The standard InChI is InChI=1S/C32H34FN5O2/c1-19-30(37(3)36-35-19)22-15-28-29(34-18-22)24-16-26(33)25(32(2,39)23-9-10-23)17-27(24)38(28)31(20-7-5-4-6-8-20)21-11-13-40-14-12-21/h4-8,15-18,21,23,31,39H,9-14H2,1-3H3/t31-,32?/m1/s1. The molecule has 0 spiro atoms. The molecule has 2 atom stereocenters. The van der Waals surface area contributed by atoms with Gasteiger partial charge in [0.25, 0.3) is 0 Å². The molecule has 2 aromatic carbocycles. The van der Waals surface area contributed by atoms with Gasteiger partial charge < -0.3 is 14.4 Å². The van der Waals surface area contributed by atoms with Gasteiger partial charge in [-0.25, -0.2) is 9.07 Å². The first-order chi connectivity index (χ1) is 19.3. The third-order valence-corrected chi connectivity index (χ3v) is 9.05. The molecule has 5 aromatic rings. The summed E-state index contributed by atoms with van der Waals surface area (Å²) in [6.45, 7) is 5.12. The zero-order valence-electron chi connectivity index (χ0n) is 23.1. The van der Waals surface area contributed by atoms with E-state index >= 15 is 4.39 Å². The Morgan fingerprint density at radius 3 is 2.48 bits per heavy atom. The molecule has 1 N–H and O–H groups in total. The summed E-state index contributed by atoms with van der Waals surface area (Å²) in [5, 5.41) is 20.7. The van der Waals surface area contributed by atoms with Crippen molar-refractivity contribution in [3.8, 4) is 11.3 Å². The fraction of sp³-hybridized carbons (Fsp3) is 0.406. The lowest BCUT2D eigenvalue weighted by molar-refractivity contribution is 0.0296. The second kappa shape index (κ2) is 9.49. The van der Waals surface area contributed by atoms with Gasteiger partial charge in [0.05, 0.1) is 39.6 Å². The Balaban J connectivity index is 1.56. The molecule has 7 nitrogen and oxygen atoms in total. The van der Waals surface area contributed by atoms with Crippen LogP contribution in [0.3, 0.4) is 0 Å². The molecule has 2 aliphatic rings. The lowest BCUT2D eigenvalue weighted by Crippen LogP contribution is -2.27. The summed E-state index contributed by atoms with van der Waals surface area (Å²) < 4.78 is 25.7. The highest BCUT2D eigenvalue weighted by atomic mass is 19.1. The third kappa shape index (κ3) is 4.04. The first kappa shape index (κ1) is 25.4. The molecule has 206 valence electrons. The van der Waals surface area contributed by atoms with Crippen molar-refractivity contribution in [2.24, 2.45) is 18.9 Å². The number of ether oxygens (including phenoxy) is 1. The molecule has 4 heterocycles. The Labute approximate surface area is 232 Å². The van der Waals surface area contributed by atoms with Crippen LogP contribution in [0.5, 0.6) is 0 Å². The first-order valence-electron chi connectivity index (χ1n) is 14.2. The van der Waals surface area contributed by atoms with Crippen LogP contribution in [0.4, 0.5) is 4.39 Å². The highest BCUT2D eigenvalue weighted by Crippen LogP contribution is 2.48. The molecule has 8 heteroatoms. The van der Waals surface area contributed by atoms with E-state index in [9.17, 15) is 5.11 Å². The number of aliphatic hydroxyl groups is 1. The maximum Gasteiger partial charge on any atom is 0.130 e. The van der Waals surface area contributed by atoms with Crippen LogP contribution < -0.4 is 0 Å². The Morgan fingerprint density at radius 2 is 1.80 bits per heavy atom. The Kier molecular flexibility index (Phi) is 6.02. The van der Waals surface area contributed by atoms with Gasteiger partial charge in [-0.3, -0.25) is 4.98 Å². The van der Waals surface area contributed by atoms with Crippen LogP contribution in [0.15, 0.2) is 54.7 Å². The van der Waals surface area contributed by atoms with Crippen LogP contribution in [0.1, 0.15) is 55.5 Å². The van der Waals surface area contributed by atoms with E-state index in [-0.39, 0.29) is 17.8 Å². The molecule has 0 bridgehead atoms. The van der Waals surface area contributed by atoms with Crippen LogP contribution in [-0.2, 0) is 17.4 Å². The molecule has 0 radical (unpaired) electrons. The summed E-state index contributed by atoms with van der Waals surface area (Å²) in [5.41, 5.74) is 5.52. The molecule has 3 aromatic heterocycles. The minimum absolute atomic E-state index is 0.0166. The van der Waals surface area contributed by atoms with E-state index in [0.717, 1.165) is 64.6 Å². The zero-order chi connectivity index (χ0) is 27.6. The van der Waals surface area contributed by atoms with Crippen molar-refractivity contribution in [2.75, 3.05) is 13.2 Å². The fourth-order valence-electron chi connectivity index (χ4n) is 6.78. The van der Waals surface area contributed by atoms with Crippen molar-refractivity contribution in [3.05, 3.63) is 77.4 Å². The normalized spacial score (nSPS) is 18.8. The lowest BCUT2D eigenvalue weighted by Gasteiger charge is -2.33. The smallest absolute Gasteiger partial charge is 0.130 e. The quantitative estimate of drug-likeness (QED) is 0.284. The second-order valence-electron chi connectivity index (χ2n) is 11.7. The minimum Gasteiger partial charge on any atom is -0.385 e. The molecule has 40 heavy (non-hydrogen) atoms. The molecule has 1 aliphatic heterocycles. The molecular formula is C32H34FN5O2. The molecule has 1 aliphatic carbocycles. The molecule has 0 amide bonds. The monoisotopic (exact) mass is 539 g/mol. The van der Waals surface area contributed by atoms with E-state index in [4.69, 9.17) is 9.72 Å². The fourth-order valence-corrected chi connectivity index (χ4v) is 6.78. The molecule has 1 saturated carbocycles. The number of aromatic nitrogens is 5. The number of aryl methyl sites for hydroxylation is 2. The topological polar surface area (TPSA) is 78.0 Å². The van der Waals surface area contributed by atoms with Crippen molar-refractivity contribution in [2.45, 2.75) is 51.2 Å². The highest BCUT2D eigenvalue weighted by molar-refractivity contribution is 6.07. The second-order valence-corrected chi connectivity index (χ2v) is 11.7. The summed E-state index contributed by atoms with van der Waals surface area (Å²) in [4.78, 5) is 4.93. The molecule has 1 unspecified atom stereocenters. The van der Waals surface area contributed by atoms with Crippen molar-refractivity contribution in [1.82, 2.24) is 24.5 Å².